The number of anilines is 1. The van der Waals surface area contributed by atoms with Gasteiger partial charge in [-0.3, -0.25) is 13.9 Å². The van der Waals surface area contributed by atoms with Crippen LogP contribution in [0.1, 0.15) is 56.4 Å². The smallest absolute Gasteiger partial charge is 0.264 e. The molecule has 3 aromatic rings. The van der Waals surface area contributed by atoms with Gasteiger partial charge in [0.2, 0.25) is 11.8 Å². The normalized spacial score (nSPS) is 12.5. The maximum atomic E-state index is 14.2. The molecule has 0 fully saturated rings. The number of hydrogen-bond acceptors (Lipinski definition) is 4. The maximum absolute atomic E-state index is 14.2. The largest absolute Gasteiger partial charge is 0.350 e. The lowest BCUT2D eigenvalue weighted by atomic mass is 10.0. The van der Waals surface area contributed by atoms with Crippen molar-refractivity contribution in [3.8, 4) is 0 Å². The number of rotatable bonds is 10. The second-order valence-corrected chi connectivity index (χ2v) is 13.7. The van der Waals surface area contributed by atoms with Crippen molar-refractivity contribution in [3.05, 3.63) is 94.0 Å². The fourth-order valence-electron chi connectivity index (χ4n) is 4.63. The Balaban J connectivity index is 2.11. The molecular weight excluding hydrogens is 558 g/mol. The first kappa shape index (κ1) is 32.2. The second kappa shape index (κ2) is 13.1. The number of benzene rings is 3. The molecule has 0 spiro atoms. The fourth-order valence-corrected chi connectivity index (χ4v) is 6.33. The van der Waals surface area contributed by atoms with Gasteiger partial charge in [0.1, 0.15) is 12.6 Å². The summed E-state index contributed by atoms with van der Waals surface area (Å²) in [6.07, 6.45) is 0.351. The van der Waals surface area contributed by atoms with Crippen molar-refractivity contribution in [2.75, 3.05) is 10.8 Å². The molecule has 1 N–H and O–H groups in total. The van der Waals surface area contributed by atoms with Crippen molar-refractivity contribution >= 4 is 39.1 Å². The van der Waals surface area contributed by atoms with Gasteiger partial charge in [-0.05, 0) is 89.4 Å². The average Bonchev–Trinajstić information content (AvgIpc) is 2.86. The van der Waals surface area contributed by atoms with Gasteiger partial charge in [-0.25, -0.2) is 8.42 Å². The number of nitrogens with zero attached hydrogens (tertiary/aromatic N) is 2. The Morgan fingerprint density at radius 3 is 2.15 bits per heavy atom. The summed E-state index contributed by atoms with van der Waals surface area (Å²) in [4.78, 5) is 29.2. The van der Waals surface area contributed by atoms with Gasteiger partial charge in [0.15, 0.2) is 0 Å². The highest BCUT2D eigenvalue weighted by molar-refractivity contribution is 7.92. The predicted molar refractivity (Wildman–Crippen MR) is 166 cm³/mol. The van der Waals surface area contributed by atoms with Crippen molar-refractivity contribution in [2.45, 2.75) is 77.9 Å². The summed E-state index contributed by atoms with van der Waals surface area (Å²) in [6, 6.07) is 18.3. The zero-order chi connectivity index (χ0) is 30.5. The number of halogens is 1. The van der Waals surface area contributed by atoms with E-state index in [0.29, 0.717) is 22.7 Å². The SMILES string of the molecule is CC[C@@H](C(=O)NC(C)(C)C)N(Cc1cccc(C)c1)C(=O)CN(c1ccc(Cl)cc1C)S(=O)(=O)c1ccc(C)cc1. The van der Waals surface area contributed by atoms with E-state index in [1.54, 1.807) is 37.3 Å². The Bertz CT molecular complexity index is 1500. The van der Waals surface area contributed by atoms with E-state index in [1.165, 1.54) is 17.0 Å². The molecule has 0 saturated heterocycles. The molecule has 0 heterocycles. The topological polar surface area (TPSA) is 86.8 Å². The molecule has 3 rings (SSSR count). The Morgan fingerprint density at radius 2 is 1.59 bits per heavy atom. The van der Waals surface area contributed by atoms with Crippen LogP contribution in [0.15, 0.2) is 71.6 Å². The van der Waals surface area contributed by atoms with Crippen molar-refractivity contribution in [3.63, 3.8) is 0 Å². The van der Waals surface area contributed by atoms with Gasteiger partial charge in [-0.1, -0.05) is 66.0 Å². The van der Waals surface area contributed by atoms with Crippen LogP contribution in [0.25, 0.3) is 0 Å². The molecule has 1 atom stereocenters. The minimum absolute atomic E-state index is 0.0630. The average molecular weight is 598 g/mol. The van der Waals surface area contributed by atoms with Gasteiger partial charge in [0, 0.05) is 17.1 Å². The molecule has 0 aliphatic heterocycles. The monoisotopic (exact) mass is 597 g/mol. The summed E-state index contributed by atoms with van der Waals surface area (Å²) in [7, 11) is -4.15. The van der Waals surface area contributed by atoms with Gasteiger partial charge < -0.3 is 10.2 Å². The summed E-state index contributed by atoms with van der Waals surface area (Å²) in [6.45, 7) is 12.7. The predicted octanol–water partition coefficient (Wildman–Crippen LogP) is 6.18. The second-order valence-electron chi connectivity index (χ2n) is 11.4. The number of aryl methyl sites for hydroxylation is 3. The standard InChI is InChI=1S/C32H40ClN3O4S/c1-8-28(31(38)34-32(5,6)7)35(20-25-11-9-10-23(3)18-25)30(37)21-36(29-17-14-26(33)19-24(29)4)41(39,40)27-15-12-22(2)13-16-27/h9-19,28H,8,20-21H2,1-7H3,(H,34,38)/t28-/m0/s1. The molecule has 0 aliphatic rings. The lowest BCUT2D eigenvalue weighted by Crippen LogP contribution is -2.55. The van der Waals surface area contributed by atoms with Crippen molar-refractivity contribution < 1.29 is 18.0 Å². The molecule has 9 heteroatoms. The van der Waals surface area contributed by atoms with E-state index in [0.717, 1.165) is 21.0 Å². The zero-order valence-electron chi connectivity index (χ0n) is 24.9. The summed E-state index contributed by atoms with van der Waals surface area (Å²) in [5, 5.41) is 3.44. The van der Waals surface area contributed by atoms with Gasteiger partial charge in [-0.2, -0.15) is 0 Å². The number of nitrogens with one attached hydrogen (secondary N) is 1. The third kappa shape index (κ3) is 8.33. The van der Waals surface area contributed by atoms with Crippen molar-refractivity contribution in [1.82, 2.24) is 10.2 Å². The molecule has 2 amide bonds. The van der Waals surface area contributed by atoms with E-state index in [2.05, 4.69) is 5.32 Å². The van der Waals surface area contributed by atoms with Gasteiger partial charge >= 0.3 is 0 Å². The quantitative estimate of drug-likeness (QED) is 0.302. The molecular formula is C32H40ClN3O4S. The molecule has 0 saturated carbocycles. The van der Waals surface area contributed by atoms with Crippen molar-refractivity contribution in [2.24, 2.45) is 0 Å². The molecule has 220 valence electrons. The summed E-state index contributed by atoms with van der Waals surface area (Å²) in [5.41, 5.74) is 3.20. The van der Waals surface area contributed by atoms with Crippen molar-refractivity contribution in [1.29, 1.82) is 0 Å². The molecule has 7 nitrogen and oxygen atoms in total. The van der Waals surface area contributed by atoms with Gasteiger partial charge in [-0.15, -0.1) is 0 Å². The maximum Gasteiger partial charge on any atom is 0.264 e. The molecule has 3 aromatic carbocycles. The van der Waals surface area contributed by atoms with Crippen LogP contribution >= 0.6 is 11.6 Å². The van der Waals surface area contributed by atoms with Gasteiger partial charge in [0.25, 0.3) is 10.0 Å². The van der Waals surface area contributed by atoms with Crippen LogP contribution in [0.5, 0.6) is 0 Å². The first-order valence-electron chi connectivity index (χ1n) is 13.6. The highest BCUT2D eigenvalue weighted by Crippen LogP contribution is 2.30. The number of amides is 2. The van der Waals surface area contributed by atoms with E-state index in [-0.39, 0.29) is 17.3 Å². The third-order valence-electron chi connectivity index (χ3n) is 6.63. The molecule has 0 bridgehead atoms. The summed E-state index contributed by atoms with van der Waals surface area (Å²) >= 11 is 6.19. The van der Waals surface area contributed by atoms with E-state index >= 15 is 0 Å². The molecule has 0 aromatic heterocycles. The minimum Gasteiger partial charge on any atom is -0.350 e. The Labute approximate surface area is 249 Å². The zero-order valence-corrected chi connectivity index (χ0v) is 26.4. The molecule has 0 radical (unpaired) electrons. The van der Waals surface area contributed by atoms with Crippen LogP contribution in [-0.2, 0) is 26.2 Å². The number of sulfonamides is 1. The summed E-state index contributed by atoms with van der Waals surface area (Å²) in [5.74, 6) is -0.788. The van der Waals surface area contributed by atoms with Crippen LogP contribution in [0.4, 0.5) is 5.69 Å². The van der Waals surface area contributed by atoms with Crippen LogP contribution in [-0.4, -0.2) is 43.3 Å². The van der Waals surface area contributed by atoms with E-state index < -0.39 is 34.1 Å². The summed E-state index contributed by atoms with van der Waals surface area (Å²) < 4.78 is 29.2. The first-order chi connectivity index (χ1) is 19.1. The highest BCUT2D eigenvalue weighted by Gasteiger charge is 2.35. The Kier molecular flexibility index (Phi) is 10.3. The lowest BCUT2D eigenvalue weighted by Gasteiger charge is -2.35. The van der Waals surface area contributed by atoms with Crippen LogP contribution in [0.3, 0.4) is 0 Å². The van der Waals surface area contributed by atoms with E-state index in [9.17, 15) is 18.0 Å². The Hall–Kier alpha value is -3.36. The number of hydrogen-bond donors (Lipinski definition) is 1. The molecule has 0 unspecified atom stereocenters. The third-order valence-corrected chi connectivity index (χ3v) is 8.64. The van der Waals surface area contributed by atoms with Crippen LogP contribution < -0.4 is 9.62 Å². The molecule has 0 aliphatic carbocycles. The van der Waals surface area contributed by atoms with E-state index in [4.69, 9.17) is 11.6 Å². The number of carbonyl (C=O) groups excluding carboxylic acids is 2. The van der Waals surface area contributed by atoms with Crippen LogP contribution in [0.2, 0.25) is 5.02 Å². The van der Waals surface area contributed by atoms with Crippen LogP contribution in [0, 0.1) is 20.8 Å². The highest BCUT2D eigenvalue weighted by atomic mass is 35.5. The fraction of sp³-hybridized carbons (Fsp3) is 0.375. The van der Waals surface area contributed by atoms with E-state index in [1.807, 2.05) is 65.8 Å². The minimum atomic E-state index is -4.15. The van der Waals surface area contributed by atoms with Gasteiger partial charge in [0.05, 0.1) is 10.6 Å². The lowest BCUT2D eigenvalue weighted by molar-refractivity contribution is -0.141. The molecule has 41 heavy (non-hydrogen) atoms. The number of carbonyl (C=O) groups is 2. The Morgan fingerprint density at radius 1 is 0.927 bits per heavy atom. The first-order valence-corrected chi connectivity index (χ1v) is 15.5.